The molecule has 0 aliphatic carbocycles. The number of hydrogen-bond donors (Lipinski definition) is 2. The second-order valence-corrected chi connectivity index (χ2v) is 9.05. The smallest absolute Gasteiger partial charge is 0.131 e. The monoisotopic (exact) mass is 445 g/mol. The number of hydrogen-bond acceptors (Lipinski definition) is 5. The van der Waals surface area contributed by atoms with Crippen molar-refractivity contribution in [2.45, 2.75) is 37.7 Å². The van der Waals surface area contributed by atoms with Crippen molar-refractivity contribution in [1.82, 2.24) is 4.90 Å². The van der Waals surface area contributed by atoms with Gasteiger partial charge in [-0.05, 0) is 91.5 Å². The zero-order chi connectivity index (χ0) is 22.6. The quantitative estimate of drug-likeness (QED) is 0.530. The van der Waals surface area contributed by atoms with Crippen molar-refractivity contribution in [2.75, 3.05) is 26.2 Å². The highest BCUT2D eigenvalue weighted by Crippen LogP contribution is 2.45. The number of phenols is 2. The van der Waals surface area contributed by atoms with E-state index in [9.17, 15) is 10.2 Å². The average Bonchev–Trinajstić information content (AvgIpc) is 2.85. The van der Waals surface area contributed by atoms with Crippen LogP contribution in [0.25, 0.3) is 0 Å². The number of aromatic hydroxyl groups is 2. The summed E-state index contributed by atoms with van der Waals surface area (Å²) in [5.74, 6) is 2.22. The van der Waals surface area contributed by atoms with E-state index in [2.05, 4.69) is 17.0 Å². The molecule has 0 bridgehead atoms. The van der Waals surface area contributed by atoms with E-state index in [4.69, 9.17) is 9.47 Å². The summed E-state index contributed by atoms with van der Waals surface area (Å²) >= 11 is 0. The van der Waals surface area contributed by atoms with Crippen molar-refractivity contribution < 1.29 is 19.7 Å². The van der Waals surface area contributed by atoms with E-state index >= 15 is 0 Å². The molecule has 2 aliphatic rings. The lowest BCUT2D eigenvalue weighted by Crippen LogP contribution is -2.33. The van der Waals surface area contributed by atoms with Gasteiger partial charge in [-0.25, -0.2) is 0 Å². The molecule has 3 aromatic rings. The van der Waals surface area contributed by atoms with Gasteiger partial charge in [0.25, 0.3) is 0 Å². The molecule has 0 amide bonds. The molecule has 0 radical (unpaired) electrons. The summed E-state index contributed by atoms with van der Waals surface area (Å²) in [6.07, 6.45) is 4.50. The molecule has 33 heavy (non-hydrogen) atoms. The second kappa shape index (κ2) is 9.75. The fourth-order valence-electron chi connectivity index (χ4n) is 4.95. The fraction of sp³-hybridized carbons (Fsp3) is 0.357. The molecule has 1 saturated heterocycles. The van der Waals surface area contributed by atoms with E-state index < -0.39 is 0 Å². The normalized spacial score (nSPS) is 20.6. The van der Waals surface area contributed by atoms with Gasteiger partial charge in [0.1, 0.15) is 35.7 Å². The largest absolute Gasteiger partial charge is 0.508 e. The Hall–Kier alpha value is -3.18. The Balaban J connectivity index is 1.32. The minimum atomic E-state index is -0.172. The lowest BCUT2D eigenvalue weighted by atomic mass is 9.82. The van der Waals surface area contributed by atoms with Crippen LogP contribution >= 0.6 is 0 Å². The minimum absolute atomic E-state index is 0.0609. The summed E-state index contributed by atoms with van der Waals surface area (Å²) in [5, 5.41) is 19.7. The molecule has 5 nitrogen and oxygen atoms in total. The zero-order valence-corrected chi connectivity index (χ0v) is 18.8. The van der Waals surface area contributed by atoms with Gasteiger partial charge in [-0.3, -0.25) is 4.90 Å². The predicted molar refractivity (Wildman–Crippen MR) is 128 cm³/mol. The van der Waals surface area contributed by atoms with Gasteiger partial charge in [-0.15, -0.1) is 0 Å². The number of rotatable bonds is 6. The van der Waals surface area contributed by atoms with Crippen molar-refractivity contribution in [3.05, 3.63) is 83.4 Å². The molecule has 172 valence electrons. The van der Waals surface area contributed by atoms with Crippen LogP contribution in [0.15, 0.2) is 66.7 Å². The summed E-state index contributed by atoms with van der Waals surface area (Å²) in [4.78, 5) is 2.48. The third-order valence-electron chi connectivity index (χ3n) is 6.76. The SMILES string of the molecule is Oc1ccc([C@@H]2Cc3cc(O)ccc3O[C@@H]2c2ccc(OCCN3CCCCC3)cc2)cc1. The molecule has 2 aliphatic heterocycles. The molecular weight excluding hydrogens is 414 g/mol. The number of piperidine rings is 1. The van der Waals surface area contributed by atoms with Crippen LogP contribution in [-0.4, -0.2) is 41.4 Å². The third-order valence-corrected chi connectivity index (χ3v) is 6.76. The minimum Gasteiger partial charge on any atom is -0.508 e. The average molecular weight is 446 g/mol. The molecule has 0 unspecified atom stereocenters. The number of likely N-dealkylation sites (tertiary alicyclic amines) is 1. The molecule has 5 heteroatoms. The highest BCUT2D eigenvalue weighted by Gasteiger charge is 2.32. The summed E-state index contributed by atoms with van der Waals surface area (Å²) in [6.45, 7) is 4.03. The second-order valence-electron chi connectivity index (χ2n) is 9.05. The Kier molecular flexibility index (Phi) is 6.40. The summed E-state index contributed by atoms with van der Waals surface area (Å²) < 4.78 is 12.5. The van der Waals surface area contributed by atoms with E-state index in [0.29, 0.717) is 6.61 Å². The van der Waals surface area contributed by atoms with Gasteiger partial charge in [-0.1, -0.05) is 30.7 Å². The summed E-state index contributed by atoms with van der Waals surface area (Å²) in [7, 11) is 0. The maximum absolute atomic E-state index is 9.94. The van der Waals surface area contributed by atoms with Crippen molar-refractivity contribution in [3.8, 4) is 23.0 Å². The lowest BCUT2D eigenvalue weighted by Gasteiger charge is -2.34. The highest BCUT2D eigenvalue weighted by molar-refractivity contribution is 5.45. The third kappa shape index (κ3) is 5.09. The first kappa shape index (κ1) is 21.7. The molecular formula is C28H31NO4. The Bertz CT molecular complexity index is 1060. The number of benzene rings is 3. The molecule has 0 spiro atoms. The van der Waals surface area contributed by atoms with Crippen molar-refractivity contribution in [2.24, 2.45) is 0 Å². The Morgan fingerprint density at radius 3 is 2.27 bits per heavy atom. The van der Waals surface area contributed by atoms with Crippen LogP contribution in [0.5, 0.6) is 23.0 Å². The van der Waals surface area contributed by atoms with Crippen LogP contribution in [0, 0.1) is 0 Å². The van der Waals surface area contributed by atoms with Crippen LogP contribution in [0.2, 0.25) is 0 Å². The van der Waals surface area contributed by atoms with E-state index in [1.807, 2.05) is 30.3 Å². The van der Waals surface area contributed by atoms with Gasteiger partial charge in [0.05, 0.1) is 0 Å². The first-order valence-electron chi connectivity index (χ1n) is 11.9. The highest BCUT2D eigenvalue weighted by atomic mass is 16.5. The van der Waals surface area contributed by atoms with Crippen LogP contribution in [-0.2, 0) is 6.42 Å². The Morgan fingerprint density at radius 2 is 1.52 bits per heavy atom. The van der Waals surface area contributed by atoms with Gasteiger partial charge >= 0.3 is 0 Å². The first-order valence-corrected chi connectivity index (χ1v) is 11.9. The van der Waals surface area contributed by atoms with Crippen molar-refractivity contribution in [1.29, 1.82) is 0 Å². The zero-order valence-electron chi connectivity index (χ0n) is 18.8. The van der Waals surface area contributed by atoms with Crippen LogP contribution in [0.1, 0.15) is 48.0 Å². The van der Waals surface area contributed by atoms with Gasteiger partial charge in [0, 0.05) is 12.5 Å². The number of nitrogens with zero attached hydrogens (tertiary/aromatic N) is 1. The van der Waals surface area contributed by atoms with Gasteiger partial charge < -0.3 is 19.7 Å². The molecule has 5 rings (SSSR count). The topological polar surface area (TPSA) is 62.2 Å². The summed E-state index contributed by atoms with van der Waals surface area (Å²) in [5.41, 5.74) is 3.16. The predicted octanol–water partition coefficient (Wildman–Crippen LogP) is 5.42. The molecule has 3 aromatic carbocycles. The summed E-state index contributed by atoms with van der Waals surface area (Å²) in [6, 6.07) is 20.8. The van der Waals surface area contributed by atoms with E-state index in [1.165, 1.54) is 32.4 Å². The number of fused-ring (bicyclic) bond motifs is 1. The van der Waals surface area contributed by atoms with E-state index in [0.717, 1.165) is 41.2 Å². The van der Waals surface area contributed by atoms with Gasteiger partial charge in [0.15, 0.2) is 0 Å². The maximum atomic E-state index is 9.94. The van der Waals surface area contributed by atoms with Gasteiger partial charge in [0.2, 0.25) is 0 Å². The lowest BCUT2D eigenvalue weighted by molar-refractivity contribution is 0.151. The van der Waals surface area contributed by atoms with Crippen molar-refractivity contribution >= 4 is 0 Å². The number of phenolic OH excluding ortho intramolecular Hbond substituents is 2. The molecule has 2 heterocycles. The molecule has 0 aromatic heterocycles. The Morgan fingerprint density at radius 1 is 0.818 bits per heavy atom. The Labute approximate surface area is 195 Å². The number of ether oxygens (including phenoxy) is 2. The molecule has 1 fully saturated rings. The van der Waals surface area contributed by atoms with Crippen LogP contribution in [0.3, 0.4) is 0 Å². The molecule has 2 N–H and O–H groups in total. The van der Waals surface area contributed by atoms with Gasteiger partial charge in [-0.2, -0.15) is 0 Å². The van der Waals surface area contributed by atoms with E-state index in [-0.39, 0.29) is 23.5 Å². The van der Waals surface area contributed by atoms with Crippen LogP contribution < -0.4 is 9.47 Å². The maximum Gasteiger partial charge on any atom is 0.131 e. The fourth-order valence-corrected chi connectivity index (χ4v) is 4.95. The first-order chi connectivity index (χ1) is 16.2. The molecule has 2 atom stereocenters. The molecule has 0 saturated carbocycles. The van der Waals surface area contributed by atoms with Crippen molar-refractivity contribution in [3.63, 3.8) is 0 Å². The standard InChI is InChI=1S/C28H31NO4/c30-23-8-4-20(5-9-23)26-19-22-18-24(31)10-13-27(22)33-28(26)21-6-11-25(12-7-21)32-17-16-29-14-2-1-3-15-29/h4-13,18,26,28,30-31H,1-3,14-17,19H2/t26-,28+/m0/s1. The van der Waals surface area contributed by atoms with Crippen LogP contribution in [0.4, 0.5) is 0 Å². The van der Waals surface area contributed by atoms with E-state index in [1.54, 1.807) is 24.3 Å².